The highest BCUT2D eigenvalue weighted by molar-refractivity contribution is 5.80. The highest BCUT2D eigenvalue weighted by atomic mass is 19.4. The lowest BCUT2D eigenvalue weighted by Gasteiger charge is -2.32. The van der Waals surface area contributed by atoms with Gasteiger partial charge in [-0.2, -0.15) is 13.2 Å². The van der Waals surface area contributed by atoms with Crippen LogP contribution < -0.4 is 0 Å². The zero-order valence-electron chi connectivity index (χ0n) is 10.2. The Bertz CT molecular complexity index is 457. The Morgan fingerprint density at radius 3 is 2.11 bits per heavy atom. The number of likely N-dealkylation sites (N-methyl/N-ethyl adjacent to an activating group) is 1. The maximum absolute atomic E-state index is 12.6. The number of rotatable bonds is 3. The Hall–Kier alpha value is -1.56. The monoisotopic (exact) mass is 261 g/mol. The summed E-state index contributed by atoms with van der Waals surface area (Å²) in [5.74, 6) is -1.20. The van der Waals surface area contributed by atoms with Crippen LogP contribution in [0.15, 0.2) is 24.3 Å². The van der Waals surface area contributed by atoms with Gasteiger partial charge in [-0.1, -0.05) is 12.1 Å². The first-order chi connectivity index (χ1) is 8.10. The SMILES string of the molecule is CN(C)[C@@](C)(C(=O)O)c1cccc(C(F)(F)F)c1. The first-order valence-corrected chi connectivity index (χ1v) is 5.18. The van der Waals surface area contributed by atoms with Crippen molar-refractivity contribution >= 4 is 5.97 Å². The van der Waals surface area contributed by atoms with Gasteiger partial charge in [0, 0.05) is 0 Å². The molecule has 0 saturated carbocycles. The number of carbonyl (C=O) groups is 1. The minimum atomic E-state index is -4.48. The molecule has 0 radical (unpaired) electrons. The molecule has 0 spiro atoms. The summed E-state index contributed by atoms with van der Waals surface area (Å²) in [4.78, 5) is 12.7. The highest BCUT2D eigenvalue weighted by Crippen LogP contribution is 2.33. The first-order valence-electron chi connectivity index (χ1n) is 5.18. The van der Waals surface area contributed by atoms with E-state index in [1.54, 1.807) is 0 Å². The largest absolute Gasteiger partial charge is 0.480 e. The predicted octanol–water partition coefficient (Wildman–Crippen LogP) is 2.57. The highest BCUT2D eigenvalue weighted by Gasteiger charge is 2.39. The fourth-order valence-electron chi connectivity index (χ4n) is 1.57. The van der Waals surface area contributed by atoms with Gasteiger partial charge in [-0.3, -0.25) is 4.90 Å². The van der Waals surface area contributed by atoms with Crippen molar-refractivity contribution in [3.8, 4) is 0 Å². The number of benzene rings is 1. The molecule has 0 heterocycles. The third-order valence-corrected chi connectivity index (χ3v) is 3.06. The summed E-state index contributed by atoms with van der Waals surface area (Å²) in [5, 5.41) is 9.23. The average molecular weight is 261 g/mol. The van der Waals surface area contributed by atoms with Crippen LogP contribution in [0.5, 0.6) is 0 Å². The van der Waals surface area contributed by atoms with Gasteiger partial charge in [0.1, 0.15) is 5.54 Å². The van der Waals surface area contributed by atoms with E-state index < -0.39 is 23.2 Å². The third-order valence-electron chi connectivity index (χ3n) is 3.06. The van der Waals surface area contributed by atoms with E-state index in [9.17, 15) is 23.1 Å². The van der Waals surface area contributed by atoms with E-state index in [0.29, 0.717) is 0 Å². The van der Waals surface area contributed by atoms with Gasteiger partial charge < -0.3 is 5.11 Å². The maximum Gasteiger partial charge on any atom is 0.416 e. The van der Waals surface area contributed by atoms with Gasteiger partial charge in [-0.05, 0) is 38.7 Å². The average Bonchev–Trinajstić information content (AvgIpc) is 2.26. The fraction of sp³-hybridized carbons (Fsp3) is 0.417. The number of aliphatic carboxylic acids is 1. The standard InChI is InChI=1S/C12H14F3NO2/c1-11(10(17)18,16(2)3)8-5-4-6-9(7-8)12(13,14)15/h4-7H,1-3H3,(H,17,18)/t11-/m1/s1. The number of carboxylic acid groups (broad SMARTS) is 1. The second-order valence-electron chi connectivity index (χ2n) is 4.35. The normalized spacial score (nSPS) is 15.5. The predicted molar refractivity (Wildman–Crippen MR) is 60.1 cm³/mol. The van der Waals surface area contributed by atoms with Crippen molar-refractivity contribution in [3.63, 3.8) is 0 Å². The molecule has 1 aromatic rings. The lowest BCUT2D eigenvalue weighted by atomic mass is 9.89. The van der Waals surface area contributed by atoms with E-state index >= 15 is 0 Å². The van der Waals surface area contributed by atoms with Gasteiger partial charge >= 0.3 is 12.1 Å². The molecule has 3 nitrogen and oxygen atoms in total. The molecule has 1 aromatic carbocycles. The van der Waals surface area contributed by atoms with Crippen LogP contribution in [-0.2, 0) is 16.5 Å². The summed E-state index contributed by atoms with van der Waals surface area (Å²) in [6, 6.07) is 4.38. The maximum atomic E-state index is 12.6. The number of alkyl halides is 3. The van der Waals surface area contributed by atoms with E-state index in [1.807, 2.05) is 0 Å². The smallest absolute Gasteiger partial charge is 0.416 e. The molecule has 0 aliphatic rings. The number of carboxylic acids is 1. The van der Waals surface area contributed by atoms with Gasteiger partial charge in [-0.25, -0.2) is 4.79 Å². The van der Waals surface area contributed by atoms with Crippen molar-refractivity contribution in [2.75, 3.05) is 14.1 Å². The third kappa shape index (κ3) is 2.48. The summed E-state index contributed by atoms with van der Waals surface area (Å²) in [5.41, 5.74) is -2.26. The van der Waals surface area contributed by atoms with E-state index in [-0.39, 0.29) is 5.56 Å². The van der Waals surface area contributed by atoms with E-state index in [1.165, 1.54) is 38.1 Å². The minimum absolute atomic E-state index is 0.0924. The van der Waals surface area contributed by atoms with Crippen molar-refractivity contribution in [1.29, 1.82) is 0 Å². The second kappa shape index (κ2) is 4.61. The number of nitrogens with zero attached hydrogens (tertiary/aromatic N) is 1. The van der Waals surface area contributed by atoms with Crippen LogP contribution in [-0.4, -0.2) is 30.1 Å². The van der Waals surface area contributed by atoms with Gasteiger partial charge in [0.05, 0.1) is 5.56 Å². The Kier molecular flexibility index (Phi) is 3.71. The molecular formula is C12H14F3NO2. The Balaban J connectivity index is 3.36. The fourth-order valence-corrected chi connectivity index (χ4v) is 1.57. The lowest BCUT2D eigenvalue weighted by Crippen LogP contribution is -2.45. The Morgan fingerprint density at radius 2 is 1.72 bits per heavy atom. The van der Waals surface area contributed by atoms with E-state index in [4.69, 9.17) is 0 Å². The lowest BCUT2D eigenvalue weighted by molar-refractivity contribution is -0.150. The molecule has 0 bridgehead atoms. The van der Waals surface area contributed by atoms with Crippen molar-refractivity contribution in [3.05, 3.63) is 35.4 Å². The first kappa shape index (κ1) is 14.5. The quantitative estimate of drug-likeness (QED) is 0.909. The van der Waals surface area contributed by atoms with Crippen LogP contribution >= 0.6 is 0 Å². The second-order valence-corrected chi connectivity index (χ2v) is 4.35. The Morgan fingerprint density at radius 1 is 1.22 bits per heavy atom. The van der Waals surface area contributed by atoms with Crippen LogP contribution in [0.3, 0.4) is 0 Å². The molecule has 0 aliphatic heterocycles. The van der Waals surface area contributed by atoms with Gasteiger partial charge in [0.15, 0.2) is 0 Å². The number of halogens is 3. The van der Waals surface area contributed by atoms with E-state index in [0.717, 1.165) is 12.1 Å². The molecule has 0 fully saturated rings. The zero-order valence-corrected chi connectivity index (χ0v) is 10.2. The number of hydrogen-bond acceptors (Lipinski definition) is 2. The molecule has 0 aliphatic carbocycles. The topological polar surface area (TPSA) is 40.5 Å². The molecule has 0 saturated heterocycles. The van der Waals surface area contributed by atoms with Crippen LogP contribution in [0.1, 0.15) is 18.1 Å². The van der Waals surface area contributed by atoms with Crippen molar-refractivity contribution < 1.29 is 23.1 Å². The van der Waals surface area contributed by atoms with Crippen molar-refractivity contribution in [1.82, 2.24) is 4.90 Å². The van der Waals surface area contributed by atoms with E-state index in [2.05, 4.69) is 0 Å². The van der Waals surface area contributed by atoms with Crippen LogP contribution in [0, 0.1) is 0 Å². The molecule has 1 atom stereocenters. The summed E-state index contributed by atoms with van der Waals surface area (Å²) < 4.78 is 37.8. The summed E-state index contributed by atoms with van der Waals surface area (Å²) >= 11 is 0. The van der Waals surface area contributed by atoms with Gasteiger partial charge in [-0.15, -0.1) is 0 Å². The summed E-state index contributed by atoms with van der Waals surface area (Å²) in [6.07, 6.45) is -4.48. The Labute approximate surface area is 103 Å². The van der Waals surface area contributed by atoms with Gasteiger partial charge in [0.25, 0.3) is 0 Å². The van der Waals surface area contributed by atoms with Crippen LogP contribution in [0.2, 0.25) is 0 Å². The molecule has 0 aromatic heterocycles. The van der Waals surface area contributed by atoms with Crippen molar-refractivity contribution in [2.24, 2.45) is 0 Å². The molecule has 1 N–H and O–H groups in total. The number of hydrogen-bond donors (Lipinski definition) is 1. The van der Waals surface area contributed by atoms with Crippen LogP contribution in [0.4, 0.5) is 13.2 Å². The zero-order chi connectivity index (χ0) is 14.1. The molecule has 6 heteroatoms. The molecule has 0 unspecified atom stereocenters. The van der Waals surface area contributed by atoms with Crippen LogP contribution in [0.25, 0.3) is 0 Å². The van der Waals surface area contributed by atoms with Gasteiger partial charge in [0.2, 0.25) is 0 Å². The molecule has 100 valence electrons. The molecular weight excluding hydrogens is 247 g/mol. The minimum Gasteiger partial charge on any atom is -0.480 e. The summed E-state index contributed by atoms with van der Waals surface area (Å²) in [7, 11) is 3.02. The molecule has 0 amide bonds. The molecule has 1 rings (SSSR count). The molecule has 18 heavy (non-hydrogen) atoms. The van der Waals surface area contributed by atoms with Crippen molar-refractivity contribution in [2.45, 2.75) is 18.6 Å². The summed E-state index contributed by atoms with van der Waals surface area (Å²) in [6.45, 7) is 1.37.